The van der Waals surface area contributed by atoms with E-state index in [1.165, 1.54) is 12.8 Å². The van der Waals surface area contributed by atoms with Crippen molar-refractivity contribution in [2.45, 2.75) is 52.9 Å². The number of nitrogens with one attached hydrogen (secondary N) is 1. The molecule has 4 heteroatoms. The van der Waals surface area contributed by atoms with Gasteiger partial charge in [-0.2, -0.15) is 0 Å². The van der Waals surface area contributed by atoms with Gasteiger partial charge in [0.25, 0.3) is 0 Å². The van der Waals surface area contributed by atoms with Crippen LogP contribution >= 0.6 is 0 Å². The van der Waals surface area contributed by atoms with Gasteiger partial charge in [0.2, 0.25) is 11.8 Å². The van der Waals surface area contributed by atoms with Gasteiger partial charge in [0.05, 0.1) is 5.92 Å². The number of hydrogen-bond acceptors (Lipinski definition) is 2. The van der Waals surface area contributed by atoms with Crippen molar-refractivity contribution < 1.29 is 9.59 Å². The zero-order valence-corrected chi connectivity index (χ0v) is 15.2. The van der Waals surface area contributed by atoms with Crippen LogP contribution in [-0.4, -0.2) is 24.9 Å². The summed E-state index contributed by atoms with van der Waals surface area (Å²) >= 11 is 0. The van der Waals surface area contributed by atoms with Crippen LogP contribution in [0.4, 0.5) is 5.69 Å². The first kappa shape index (κ1) is 18.5. The Morgan fingerprint density at radius 3 is 2.75 bits per heavy atom. The minimum absolute atomic E-state index is 0.0226. The highest BCUT2D eigenvalue weighted by molar-refractivity contribution is 6.00. The number of carbonyl (C=O) groups excluding carboxylic acids is 2. The summed E-state index contributed by atoms with van der Waals surface area (Å²) < 4.78 is 0. The van der Waals surface area contributed by atoms with E-state index in [9.17, 15) is 9.59 Å². The van der Waals surface area contributed by atoms with Crippen LogP contribution < -0.4 is 10.2 Å². The van der Waals surface area contributed by atoms with Gasteiger partial charge < -0.3 is 10.2 Å². The molecule has 2 unspecified atom stereocenters. The molecule has 4 nitrogen and oxygen atoms in total. The molecule has 0 aliphatic carbocycles. The molecule has 1 aliphatic rings. The fourth-order valence-corrected chi connectivity index (χ4v) is 3.31. The second-order valence-electron chi connectivity index (χ2n) is 6.85. The van der Waals surface area contributed by atoms with Gasteiger partial charge in [0.15, 0.2) is 0 Å². The Labute approximate surface area is 145 Å². The molecule has 1 N–H and O–H groups in total. The maximum absolute atomic E-state index is 12.5. The highest BCUT2D eigenvalue weighted by Gasteiger charge is 2.35. The number of carbonyl (C=O) groups is 2. The van der Waals surface area contributed by atoms with Gasteiger partial charge in [0, 0.05) is 25.2 Å². The third-order valence-electron chi connectivity index (χ3n) is 5.01. The van der Waals surface area contributed by atoms with E-state index in [1.54, 1.807) is 4.90 Å². The van der Waals surface area contributed by atoms with E-state index >= 15 is 0 Å². The lowest BCUT2D eigenvalue weighted by molar-refractivity contribution is -0.126. The molecule has 1 fully saturated rings. The highest BCUT2D eigenvalue weighted by Crippen LogP contribution is 2.27. The second kappa shape index (κ2) is 8.86. The lowest BCUT2D eigenvalue weighted by Crippen LogP contribution is -2.36. The van der Waals surface area contributed by atoms with E-state index in [4.69, 9.17) is 0 Å². The predicted octanol–water partition coefficient (Wildman–Crippen LogP) is 3.68. The van der Waals surface area contributed by atoms with Crippen LogP contribution in [-0.2, 0) is 9.59 Å². The molecule has 2 atom stereocenters. The number of anilines is 1. The van der Waals surface area contributed by atoms with Crippen LogP contribution in [0.3, 0.4) is 0 Å². The van der Waals surface area contributed by atoms with Gasteiger partial charge in [-0.3, -0.25) is 9.59 Å². The number of hydrogen-bond donors (Lipinski definition) is 1. The first-order chi connectivity index (χ1) is 11.6. The van der Waals surface area contributed by atoms with Crippen molar-refractivity contribution in [1.82, 2.24) is 5.32 Å². The van der Waals surface area contributed by atoms with E-state index in [0.717, 1.165) is 30.6 Å². The molecule has 1 aromatic rings. The Morgan fingerprint density at radius 2 is 2.08 bits per heavy atom. The minimum atomic E-state index is -0.235. The number of unbranched alkanes of at least 4 members (excludes halogenated alkanes) is 1. The third kappa shape index (κ3) is 4.59. The molecular weight excluding hydrogens is 300 g/mol. The Balaban J connectivity index is 1.90. The molecule has 1 heterocycles. The zero-order valence-electron chi connectivity index (χ0n) is 15.2. The quantitative estimate of drug-likeness (QED) is 0.790. The van der Waals surface area contributed by atoms with Crippen molar-refractivity contribution in [3.8, 4) is 0 Å². The second-order valence-corrected chi connectivity index (χ2v) is 6.85. The fourth-order valence-electron chi connectivity index (χ4n) is 3.31. The average Bonchev–Trinajstić information content (AvgIpc) is 2.97. The Bertz CT molecular complexity index is 571. The summed E-state index contributed by atoms with van der Waals surface area (Å²) in [7, 11) is 0. The number of nitrogens with zero attached hydrogens (tertiary/aromatic N) is 1. The van der Waals surface area contributed by atoms with E-state index < -0.39 is 0 Å². The van der Waals surface area contributed by atoms with Crippen LogP contribution in [0.5, 0.6) is 0 Å². The molecule has 1 aliphatic heterocycles. The summed E-state index contributed by atoms with van der Waals surface area (Å²) in [6.07, 6.45) is 4.95. The summed E-state index contributed by atoms with van der Waals surface area (Å²) in [6, 6.07) is 7.84. The molecule has 1 saturated heterocycles. The third-order valence-corrected chi connectivity index (χ3v) is 5.01. The lowest BCUT2D eigenvalue weighted by Gasteiger charge is -2.19. The van der Waals surface area contributed by atoms with Crippen molar-refractivity contribution in [2.24, 2.45) is 11.8 Å². The normalized spacial score (nSPS) is 18.7. The van der Waals surface area contributed by atoms with E-state index in [2.05, 4.69) is 19.2 Å². The topological polar surface area (TPSA) is 49.4 Å². The van der Waals surface area contributed by atoms with E-state index in [1.807, 2.05) is 31.2 Å². The van der Waals surface area contributed by atoms with Crippen LogP contribution in [0.15, 0.2) is 24.3 Å². The van der Waals surface area contributed by atoms with E-state index in [-0.39, 0.29) is 17.7 Å². The van der Waals surface area contributed by atoms with Crippen LogP contribution in [0, 0.1) is 18.8 Å². The maximum Gasteiger partial charge on any atom is 0.227 e. The Kier molecular flexibility index (Phi) is 6.83. The summed E-state index contributed by atoms with van der Waals surface area (Å²) in [6.45, 7) is 7.57. The SMILES string of the molecule is CCCCC(CC)CNC(=O)C1CC(=O)N(c2ccccc2C)C1. The first-order valence-corrected chi connectivity index (χ1v) is 9.20. The van der Waals surface area contributed by atoms with Crippen LogP contribution in [0.2, 0.25) is 0 Å². The number of amides is 2. The molecule has 24 heavy (non-hydrogen) atoms. The number of rotatable bonds is 8. The van der Waals surface area contributed by atoms with Crippen molar-refractivity contribution in [3.05, 3.63) is 29.8 Å². The molecule has 2 rings (SSSR count). The molecule has 0 bridgehead atoms. The minimum Gasteiger partial charge on any atom is -0.356 e. The predicted molar refractivity (Wildman–Crippen MR) is 98.0 cm³/mol. The van der Waals surface area contributed by atoms with Gasteiger partial charge in [-0.05, 0) is 30.9 Å². The van der Waals surface area contributed by atoms with E-state index in [0.29, 0.717) is 18.9 Å². The number of benzene rings is 1. The average molecular weight is 330 g/mol. The van der Waals surface area contributed by atoms with Crippen molar-refractivity contribution in [3.63, 3.8) is 0 Å². The Hall–Kier alpha value is -1.84. The van der Waals surface area contributed by atoms with Crippen molar-refractivity contribution in [1.29, 1.82) is 0 Å². The fraction of sp³-hybridized carbons (Fsp3) is 0.600. The monoisotopic (exact) mass is 330 g/mol. The van der Waals surface area contributed by atoms with Crippen molar-refractivity contribution >= 4 is 17.5 Å². The summed E-state index contributed by atoms with van der Waals surface area (Å²) in [4.78, 5) is 26.5. The summed E-state index contributed by atoms with van der Waals surface area (Å²) in [5, 5.41) is 3.07. The number of para-hydroxylation sites is 1. The summed E-state index contributed by atoms with van der Waals surface area (Å²) in [5.74, 6) is 0.371. The molecular formula is C20H30N2O2. The zero-order chi connectivity index (χ0) is 17.5. The molecule has 2 amide bonds. The van der Waals surface area contributed by atoms with Gasteiger partial charge >= 0.3 is 0 Å². The van der Waals surface area contributed by atoms with Crippen LogP contribution in [0.1, 0.15) is 51.5 Å². The van der Waals surface area contributed by atoms with Crippen molar-refractivity contribution in [2.75, 3.05) is 18.0 Å². The highest BCUT2D eigenvalue weighted by atomic mass is 16.2. The molecule has 0 saturated carbocycles. The summed E-state index contributed by atoms with van der Waals surface area (Å²) in [5.41, 5.74) is 1.99. The van der Waals surface area contributed by atoms with Gasteiger partial charge in [-0.25, -0.2) is 0 Å². The molecule has 1 aromatic carbocycles. The van der Waals surface area contributed by atoms with Crippen LogP contribution in [0.25, 0.3) is 0 Å². The first-order valence-electron chi connectivity index (χ1n) is 9.20. The van der Waals surface area contributed by atoms with Gasteiger partial charge in [-0.15, -0.1) is 0 Å². The standard InChI is InChI=1S/C20H30N2O2/c1-4-6-10-16(5-2)13-21-20(24)17-12-19(23)22(14-17)18-11-8-7-9-15(18)3/h7-9,11,16-17H,4-6,10,12-14H2,1-3H3,(H,21,24). The Morgan fingerprint density at radius 1 is 1.33 bits per heavy atom. The smallest absolute Gasteiger partial charge is 0.227 e. The molecule has 0 aromatic heterocycles. The molecule has 0 spiro atoms. The number of aryl methyl sites for hydroxylation is 1. The largest absolute Gasteiger partial charge is 0.356 e. The molecule has 132 valence electrons. The van der Waals surface area contributed by atoms with Gasteiger partial charge in [-0.1, -0.05) is 51.3 Å². The lowest BCUT2D eigenvalue weighted by atomic mass is 9.99. The molecule has 0 radical (unpaired) electrons. The maximum atomic E-state index is 12.5. The van der Waals surface area contributed by atoms with Gasteiger partial charge in [0.1, 0.15) is 0 Å².